The van der Waals surface area contributed by atoms with E-state index >= 15 is 0 Å². The predicted octanol–water partition coefficient (Wildman–Crippen LogP) is 2.64. The molecule has 0 amide bonds. The van der Waals surface area contributed by atoms with Crippen molar-refractivity contribution in [2.75, 3.05) is 18.0 Å². The van der Waals surface area contributed by atoms with Gasteiger partial charge in [0.05, 0.1) is 0 Å². The zero-order valence-electron chi connectivity index (χ0n) is 8.09. The molecule has 1 aromatic carbocycles. The first-order chi connectivity index (χ1) is 5.77. The van der Waals surface area contributed by atoms with Crippen molar-refractivity contribution in [1.82, 2.24) is 0 Å². The first kappa shape index (κ1) is 9.11. The first-order valence-electron chi connectivity index (χ1n) is 4.51. The minimum atomic E-state index is 1.07. The van der Waals surface area contributed by atoms with Crippen LogP contribution in [0.25, 0.3) is 0 Å². The highest BCUT2D eigenvalue weighted by Crippen LogP contribution is 2.14. The van der Waals surface area contributed by atoms with Gasteiger partial charge in [0.2, 0.25) is 0 Å². The van der Waals surface area contributed by atoms with Crippen LogP contribution in [0.3, 0.4) is 0 Å². The zero-order valence-corrected chi connectivity index (χ0v) is 8.09. The molecule has 0 saturated heterocycles. The molecule has 0 aliphatic carbocycles. The van der Waals surface area contributed by atoms with E-state index in [2.05, 4.69) is 43.9 Å². The minimum absolute atomic E-state index is 1.07. The van der Waals surface area contributed by atoms with E-state index in [0.29, 0.717) is 0 Å². The molecule has 1 nitrogen and oxygen atoms in total. The van der Waals surface area contributed by atoms with Crippen LogP contribution < -0.4 is 4.90 Å². The van der Waals surface area contributed by atoms with Gasteiger partial charge in [-0.3, -0.25) is 0 Å². The smallest absolute Gasteiger partial charge is 0.0369 e. The lowest BCUT2D eigenvalue weighted by molar-refractivity contribution is 0.865. The summed E-state index contributed by atoms with van der Waals surface area (Å²) in [6, 6.07) is 9.42. The lowest BCUT2D eigenvalue weighted by atomic mass is 10.2. The highest BCUT2D eigenvalue weighted by atomic mass is 15.1. The van der Waals surface area contributed by atoms with Gasteiger partial charge in [-0.05, 0) is 44.5 Å². The third kappa shape index (κ3) is 2.00. The fourth-order valence-electron chi connectivity index (χ4n) is 1.36. The van der Waals surface area contributed by atoms with Gasteiger partial charge in [0.1, 0.15) is 0 Å². The Bertz CT molecular complexity index is 239. The van der Waals surface area contributed by atoms with Gasteiger partial charge in [0.15, 0.2) is 0 Å². The molecule has 0 aliphatic rings. The standard InChI is InChI=1S/C11H16N/c1-4-12(5-2)11-8-6-7-10(3)9-11/h6,8-9H,4-5H2,1-3H3. The topological polar surface area (TPSA) is 3.24 Å². The summed E-state index contributed by atoms with van der Waals surface area (Å²) in [6.45, 7) is 8.57. The van der Waals surface area contributed by atoms with Gasteiger partial charge >= 0.3 is 0 Å². The zero-order chi connectivity index (χ0) is 8.97. The Morgan fingerprint density at radius 2 is 2.00 bits per heavy atom. The number of aryl methyl sites for hydroxylation is 1. The quantitative estimate of drug-likeness (QED) is 0.660. The Morgan fingerprint density at radius 1 is 1.33 bits per heavy atom. The van der Waals surface area contributed by atoms with Crippen LogP contribution >= 0.6 is 0 Å². The third-order valence-electron chi connectivity index (χ3n) is 2.06. The molecule has 12 heavy (non-hydrogen) atoms. The van der Waals surface area contributed by atoms with Crippen LogP contribution in [0.2, 0.25) is 0 Å². The summed E-state index contributed by atoms with van der Waals surface area (Å²) in [6.07, 6.45) is 0. The van der Waals surface area contributed by atoms with Gasteiger partial charge in [-0.15, -0.1) is 0 Å². The number of nitrogens with zero attached hydrogens (tertiary/aromatic N) is 1. The lowest BCUT2D eigenvalue weighted by Crippen LogP contribution is -2.21. The van der Waals surface area contributed by atoms with E-state index in [1.807, 2.05) is 6.07 Å². The third-order valence-corrected chi connectivity index (χ3v) is 2.06. The van der Waals surface area contributed by atoms with E-state index in [9.17, 15) is 0 Å². The van der Waals surface area contributed by atoms with Crippen LogP contribution in [-0.4, -0.2) is 13.1 Å². The minimum Gasteiger partial charge on any atom is -0.372 e. The Labute approximate surface area is 75.0 Å². The highest BCUT2D eigenvalue weighted by molar-refractivity contribution is 5.47. The summed E-state index contributed by atoms with van der Waals surface area (Å²) >= 11 is 0. The summed E-state index contributed by atoms with van der Waals surface area (Å²) < 4.78 is 0. The van der Waals surface area contributed by atoms with Crippen molar-refractivity contribution in [3.05, 3.63) is 29.8 Å². The van der Waals surface area contributed by atoms with Crippen LogP contribution in [0, 0.1) is 13.0 Å². The fraction of sp³-hybridized carbons (Fsp3) is 0.455. The molecule has 0 saturated carbocycles. The molecule has 0 unspecified atom stereocenters. The molecule has 1 radical (unpaired) electrons. The molecule has 0 atom stereocenters. The van der Waals surface area contributed by atoms with E-state index < -0.39 is 0 Å². The van der Waals surface area contributed by atoms with Crippen LogP contribution in [0.4, 0.5) is 5.69 Å². The average molecular weight is 162 g/mol. The van der Waals surface area contributed by atoms with Crippen LogP contribution in [0.1, 0.15) is 19.4 Å². The van der Waals surface area contributed by atoms with Crippen LogP contribution in [-0.2, 0) is 0 Å². The largest absolute Gasteiger partial charge is 0.372 e. The van der Waals surface area contributed by atoms with E-state index in [4.69, 9.17) is 0 Å². The summed E-state index contributed by atoms with van der Waals surface area (Å²) in [7, 11) is 0. The first-order valence-corrected chi connectivity index (χ1v) is 4.51. The molecule has 0 bridgehead atoms. The number of benzene rings is 1. The lowest BCUT2D eigenvalue weighted by Gasteiger charge is -2.20. The second-order valence-corrected chi connectivity index (χ2v) is 2.90. The summed E-state index contributed by atoms with van der Waals surface area (Å²) in [5.41, 5.74) is 2.51. The van der Waals surface area contributed by atoms with Gasteiger partial charge in [0.25, 0.3) is 0 Å². The number of anilines is 1. The molecule has 0 aromatic heterocycles. The van der Waals surface area contributed by atoms with Crippen molar-refractivity contribution in [2.45, 2.75) is 20.8 Å². The molecule has 1 heteroatoms. The second kappa shape index (κ2) is 4.15. The van der Waals surface area contributed by atoms with Crippen molar-refractivity contribution >= 4 is 5.69 Å². The Balaban J connectivity index is 2.85. The Morgan fingerprint density at radius 3 is 2.50 bits per heavy atom. The molecule has 65 valence electrons. The molecule has 0 N–H and O–H groups in total. The van der Waals surface area contributed by atoms with E-state index in [1.165, 1.54) is 11.3 Å². The highest BCUT2D eigenvalue weighted by Gasteiger charge is 1.99. The molecular formula is C11H16N. The molecular weight excluding hydrogens is 146 g/mol. The molecule has 0 spiro atoms. The van der Waals surface area contributed by atoms with Crippen molar-refractivity contribution in [1.29, 1.82) is 0 Å². The van der Waals surface area contributed by atoms with Crippen molar-refractivity contribution in [3.8, 4) is 0 Å². The van der Waals surface area contributed by atoms with E-state index in [-0.39, 0.29) is 0 Å². The number of hydrogen-bond donors (Lipinski definition) is 0. The van der Waals surface area contributed by atoms with Gasteiger partial charge < -0.3 is 4.90 Å². The van der Waals surface area contributed by atoms with E-state index in [0.717, 1.165) is 13.1 Å². The SMILES string of the molecule is CCN(CC)c1cc[c]c(C)c1. The predicted molar refractivity (Wildman–Crippen MR) is 53.6 cm³/mol. The van der Waals surface area contributed by atoms with Crippen LogP contribution in [0.15, 0.2) is 18.2 Å². The fourth-order valence-corrected chi connectivity index (χ4v) is 1.36. The Hall–Kier alpha value is -0.980. The molecule has 0 fully saturated rings. The number of hydrogen-bond acceptors (Lipinski definition) is 1. The summed E-state index contributed by atoms with van der Waals surface area (Å²) in [5, 5.41) is 0. The summed E-state index contributed by atoms with van der Waals surface area (Å²) in [5.74, 6) is 0. The monoisotopic (exact) mass is 162 g/mol. The van der Waals surface area contributed by atoms with Crippen LogP contribution in [0.5, 0.6) is 0 Å². The van der Waals surface area contributed by atoms with Gasteiger partial charge in [-0.1, -0.05) is 6.07 Å². The maximum absolute atomic E-state index is 3.15. The molecule has 0 heterocycles. The molecule has 0 aliphatic heterocycles. The maximum Gasteiger partial charge on any atom is 0.0369 e. The molecule has 1 rings (SSSR count). The number of rotatable bonds is 3. The van der Waals surface area contributed by atoms with Gasteiger partial charge in [-0.25, -0.2) is 0 Å². The Kier molecular flexibility index (Phi) is 3.15. The normalized spacial score (nSPS) is 9.92. The van der Waals surface area contributed by atoms with Gasteiger partial charge in [0, 0.05) is 18.8 Å². The average Bonchev–Trinajstić information content (AvgIpc) is 2.07. The van der Waals surface area contributed by atoms with Crippen molar-refractivity contribution in [3.63, 3.8) is 0 Å². The second-order valence-electron chi connectivity index (χ2n) is 2.90. The summed E-state index contributed by atoms with van der Waals surface area (Å²) in [4.78, 5) is 2.33. The maximum atomic E-state index is 3.15. The van der Waals surface area contributed by atoms with Gasteiger partial charge in [-0.2, -0.15) is 0 Å². The van der Waals surface area contributed by atoms with E-state index in [1.54, 1.807) is 0 Å². The molecule has 1 aromatic rings. The van der Waals surface area contributed by atoms with Crippen molar-refractivity contribution in [2.24, 2.45) is 0 Å². The van der Waals surface area contributed by atoms with Crippen molar-refractivity contribution < 1.29 is 0 Å².